The van der Waals surface area contributed by atoms with Gasteiger partial charge < -0.3 is 15.0 Å². The SMILES string of the molecule is CCOC(=O)[C@@H](Cc1c[nH]c2ccccc12)Nc1ccc(C)cc1. The van der Waals surface area contributed by atoms with Crippen LogP contribution in [0.1, 0.15) is 18.1 Å². The highest BCUT2D eigenvalue weighted by Gasteiger charge is 2.21. The number of fused-ring (bicyclic) bond motifs is 1. The van der Waals surface area contributed by atoms with Gasteiger partial charge in [-0.05, 0) is 37.6 Å². The molecule has 3 aromatic rings. The van der Waals surface area contributed by atoms with Crippen molar-refractivity contribution in [3.05, 3.63) is 65.9 Å². The Kier molecular flexibility index (Phi) is 4.85. The maximum atomic E-state index is 12.4. The van der Waals surface area contributed by atoms with Crippen molar-refractivity contribution in [2.45, 2.75) is 26.3 Å². The van der Waals surface area contributed by atoms with Gasteiger partial charge in [-0.25, -0.2) is 4.79 Å². The molecule has 0 bridgehead atoms. The smallest absolute Gasteiger partial charge is 0.328 e. The number of nitrogens with one attached hydrogen (secondary N) is 2. The first-order valence-electron chi connectivity index (χ1n) is 8.22. The first-order valence-corrected chi connectivity index (χ1v) is 8.22. The first kappa shape index (κ1) is 16.1. The van der Waals surface area contributed by atoms with Crippen LogP contribution in [0.2, 0.25) is 0 Å². The summed E-state index contributed by atoms with van der Waals surface area (Å²) >= 11 is 0. The normalized spacial score (nSPS) is 12.1. The van der Waals surface area contributed by atoms with E-state index in [1.807, 2.05) is 62.5 Å². The molecule has 0 spiro atoms. The van der Waals surface area contributed by atoms with Crippen molar-refractivity contribution in [2.24, 2.45) is 0 Å². The van der Waals surface area contributed by atoms with Gasteiger partial charge in [0.15, 0.2) is 0 Å². The summed E-state index contributed by atoms with van der Waals surface area (Å²) in [4.78, 5) is 15.6. The lowest BCUT2D eigenvalue weighted by Crippen LogP contribution is -2.33. The number of aromatic nitrogens is 1. The summed E-state index contributed by atoms with van der Waals surface area (Å²) in [5.41, 5.74) is 4.28. The number of benzene rings is 2. The average molecular weight is 322 g/mol. The number of carbonyl (C=O) groups excluding carboxylic acids is 1. The number of esters is 1. The molecule has 0 radical (unpaired) electrons. The fraction of sp³-hybridized carbons (Fsp3) is 0.250. The molecule has 0 aliphatic carbocycles. The Balaban J connectivity index is 1.84. The third-order valence-electron chi connectivity index (χ3n) is 4.06. The minimum absolute atomic E-state index is 0.233. The van der Waals surface area contributed by atoms with E-state index in [2.05, 4.69) is 16.4 Å². The third kappa shape index (κ3) is 3.59. The summed E-state index contributed by atoms with van der Waals surface area (Å²) in [5.74, 6) is -0.233. The maximum absolute atomic E-state index is 12.4. The molecule has 0 saturated heterocycles. The Hall–Kier alpha value is -2.75. The summed E-state index contributed by atoms with van der Waals surface area (Å²) < 4.78 is 5.25. The van der Waals surface area contributed by atoms with Gasteiger partial charge in [-0.15, -0.1) is 0 Å². The zero-order valence-electron chi connectivity index (χ0n) is 14.0. The number of aromatic amines is 1. The fourth-order valence-electron chi connectivity index (χ4n) is 2.81. The Bertz CT molecular complexity index is 821. The highest BCUT2D eigenvalue weighted by molar-refractivity contribution is 5.85. The standard InChI is InChI=1S/C20H22N2O2/c1-3-24-20(23)19(22-16-10-8-14(2)9-11-16)12-15-13-21-18-7-5-4-6-17(15)18/h4-11,13,19,21-22H,3,12H2,1-2H3/t19-/m1/s1. The molecule has 4 heteroatoms. The molecule has 2 N–H and O–H groups in total. The summed E-state index contributed by atoms with van der Waals surface area (Å²) in [7, 11) is 0. The minimum Gasteiger partial charge on any atom is -0.464 e. The molecule has 0 fully saturated rings. The van der Waals surface area contributed by atoms with Crippen molar-refractivity contribution in [1.82, 2.24) is 4.98 Å². The van der Waals surface area contributed by atoms with Gasteiger partial charge in [0.25, 0.3) is 0 Å². The van der Waals surface area contributed by atoms with Crippen LogP contribution < -0.4 is 5.32 Å². The van der Waals surface area contributed by atoms with Crippen LogP contribution in [0.15, 0.2) is 54.7 Å². The molecular formula is C20H22N2O2. The number of rotatable bonds is 6. The molecule has 0 saturated carbocycles. The van der Waals surface area contributed by atoms with E-state index in [4.69, 9.17) is 4.74 Å². The minimum atomic E-state index is -0.424. The van der Waals surface area contributed by atoms with Crippen LogP contribution in [0.5, 0.6) is 0 Å². The van der Waals surface area contributed by atoms with Gasteiger partial charge in [-0.3, -0.25) is 0 Å². The van der Waals surface area contributed by atoms with Crippen LogP contribution in [0.3, 0.4) is 0 Å². The largest absolute Gasteiger partial charge is 0.464 e. The Labute approximate surface area is 141 Å². The number of hydrogen-bond donors (Lipinski definition) is 2. The van der Waals surface area contributed by atoms with E-state index in [-0.39, 0.29) is 5.97 Å². The summed E-state index contributed by atoms with van der Waals surface area (Å²) in [6.45, 7) is 4.24. The van der Waals surface area contributed by atoms with Crippen LogP contribution in [-0.4, -0.2) is 23.6 Å². The van der Waals surface area contributed by atoms with E-state index >= 15 is 0 Å². The number of para-hydroxylation sites is 1. The van der Waals surface area contributed by atoms with Crippen molar-refractivity contribution in [3.63, 3.8) is 0 Å². The second-order valence-corrected chi connectivity index (χ2v) is 5.88. The van der Waals surface area contributed by atoms with Crippen molar-refractivity contribution in [3.8, 4) is 0 Å². The molecular weight excluding hydrogens is 300 g/mol. The second-order valence-electron chi connectivity index (χ2n) is 5.88. The van der Waals surface area contributed by atoms with E-state index in [9.17, 15) is 4.79 Å². The van der Waals surface area contributed by atoms with Gasteiger partial charge >= 0.3 is 5.97 Å². The van der Waals surface area contributed by atoms with E-state index in [1.54, 1.807) is 0 Å². The highest BCUT2D eigenvalue weighted by Crippen LogP contribution is 2.21. The van der Waals surface area contributed by atoms with Crippen LogP contribution in [0.25, 0.3) is 10.9 Å². The Morgan fingerprint density at radius 2 is 1.92 bits per heavy atom. The number of carbonyl (C=O) groups is 1. The van der Waals surface area contributed by atoms with E-state index < -0.39 is 6.04 Å². The van der Waals surface area contributed by atoms with E-state index in [1.165, 1.54) is 5.56 Å². The maximum Gasteiger partial charge on any atom is 0.328 e. The number of anilines is 1. The molecule has 0 aliphatic heterocycles. The van der Waals surface area contributed by atoms with Crippen LogP contribution >= 0.6 is 0 Å². The molecule has 0 amide bonds. The number of hydrogen-bond acceptors (Lipinski definition) is 3. The number of H-pyrrole nitrogens is 1. The van der Waals surface area contributed by atoms with Crippen molar-refractivity contribution >= 4 is 22.6 Å². The highest BCUT2D eigenvalue weighted by atomic mass is 16.5. The quantitative estimate of drug-likeness (QED) is 0.673. The van der Waals surface area contributed by atoms with Gasteiger partial charge in [-0.2, -0.15) is 0 Å². The number of ether oxygens (including phenoxy) is 1. The van der Waals surface area contributed by atoms with Crippen molar-refractivity contribution in [1.29, 1.82) is 0 Å². The predicted octanol–water partition coefficient (Wildman–Crippen LogP) is 4.06. The number of aryl methyl sites for hydroxylation is 1. The molecule has 124 valence electrons. The monoisotopic (exact) mass is 322 g/mol. The molecule has 1 atom stereocenters. The van der Waals surface area contributed by atoms with Crippen molar-refractivity contribution < 1.29 is 9.53 Å². The summed E-state index contributed by atoms with van der Waals surface area (Å²) in [6.07, 6.45) is 2.53. The van der Waals surface area contributed by atoms with Crippen LogP contribution in [0, 0.1) is 6.92 Å². The summed E-state index contributed by atoms with van der Waals surface area (Å²) in [5, 5.41) is 4.44. The van der Waals surface area contributed by atoms with Gasteiger partial charge in [0.1, 0.15) is 6.04 Å². The third-order valence-corrected chi connectivity index (χ3v) is 4.06. The van der Waals surface area contributed by atoms with Crippen LogP contribution in [0.4, 0.5) is 5.69 Å². The molecule has 3 rings (SSSR count). The molecule has 4 nitrogen and oxygen atoms in total. The molecule has 1 heterocycles. The lowest BCUT2D eigenvalue weighted by atomic mass is 10.0. The topological polar surface area (TPSA) is 54.1 Å². The zero-order chi connectivity index (χ0) is 16.9. The lowest BCUT2D eigenvalue weighted by molar-refractivity contribution is -0.144. The van der Waals surface area contributed by atoms with Gasteiger partial charge in [-0.1, -0.05) is 35.9 Å². The first-order chi connectivity index (χ1) is 11.7. The predicted molar refractivity (Wildman–Crippen MR) is 97.2 cm³/mol. The van der Waals surface area contributed by atoms with Crippen LogP contribution in [-0.2, 0) is 16.0 Å². The molecule has 1 aromatic heterocycles. The van der Waals surface area contributed by atoms with E-state index in [0.29, 0.717) is 13.0 Å². The molecule has 24 heavy (non-hydrogen) atoms. The Morgan fingerprint density at radius 3 is 2.67 bits per heavy atom. The van der Waals surface area contributed by atoms with E-state index in [0.717, 1.165) is 22.2 Å². The van der Waals surface area contributed by atoms with Crippen molar-refractivity contribution in [2.75, 3.05) is 11.9 Å². The Morgan fingerprint density at radius 1 is 1.17 bits per heavy atom. The van der Waals surface area contributed by atoms with Gasteiger partial charge in [0.05, 0.1) is 6.61 Å². The lowest BCUT2D eigenvalue weighted by Gasteiger charge is -2.18. The van der Waals surface area contributed by atoms with Gasteiger partial charge in [0, 0.05) is 29.2 Å². The summed E-state index contributed by atoms with van der Waals surface area (Å²) in [6, 6.07) is 15.7. The fourth-order valence-corrected chi connectivity index (χ4v) is 2.81. The second kappa shape index (κ2) is 7.21. The van der Waals surface area contributed by atoms with Gasteiger partial charge in [0.2, 0.25) is 0 Å². The molecule has 2 aromatic carbocycles. The average Bonchev–Trinajstić information content (AvgIpc) is 2.99. The molecule has 0 unspecified atom stereocenters. The zero-order valence-corrected chi connectivity index (χ0v) is 14.0. The molecule has 0 aliphatic rings.